The van der Waals surface area contributed by atoms with Gasteiger partial charge in [0, 0.05) is 17.8 Å². The maximum absolute atomic E-state index is 12.6. The minimum absolute atomic E-state index is 0.0122. The molecular weight excluding hydrogens is 380 g/mol. The molecule has 4 fully saturated rings. The maximum atomic E-state index is 12.6. The Bertz CT molecular complexity index is 766. The van der Waals surface area contributed by atoms with Crippen molar-refractivity contribution in [2.75, 3.05) is 0 Å². The summed E-state index contributed by atoms with van der Waals surface area (Å²) in [5.74, 6) is -5.18. The highest BCUT2D eigenvalue weighted by atomic mass is 16.4. The van der Waals surface area contributed by atoms with Gasteiger partial charge in [-0.2, -0.15) is 0 Å². The number of hydrogen-bond donors (Lipinski definition) is 5. The predicted octanol–water partition coefficient (Wildman–Crippen LogP) is 0.954. The quantitative estimate of drug-likeness (QED) is 0.431. The van der Waals surface area contributed by atoms with Crippen LogP contribution in [0.3, 0.4) is 0 Å². The van der Waals surface area contributed by atoms with Crippen molar-refractivity contribution in [2.45, 2.75) is 82.0 Å². The molecule has 8 atom stereocenters. The molecule has 29 heavy (non-hydrogen) atoms. The summed E-state index contributed by atoms with van der Waals surface area (Å²) in [6.07, 6.45) is 1.51. The first-order chi connectivity index (χ1) is 13.4. The summed E-state index contributed by atoms with van der Waals surface area (Å²) in [5, 5.41) is 52.8. The van der Waals surface area contributed by atoms with Gasteiger partial charge < -0.3 is 25.5 Å². The lowest BCUT2D eigenvalue weighted by Gasteiger charge is -2.64. The van der Waals surface area contributed by atoms with Crippen LogP contribution < -0.4 is 0 Å². The lowest BCUT2D eigenvalue weighted by atomic mass is 9.41. The molecule has 0 spiro atoms. The van der Waals surface area contributed by atoms with E-state index in [1.807, 2.05) is 0 Å². The average Bonchev–Trinajstić information content (AvgIpc) is 2.91. The van der Waals surface area contributed by atoms with E-state index in [2.05, 4.69) is 0 Å². The smallest absolute Gasteiger partial charge is 0.372 e. The molecule has 4 aliphatic carbocycles. The van der Waals surface area contributed by atoms with Crippen molar-refractivity contribution in [3.8, 4) is 0 Å². The van der Waals surface area contributed by atoms with E-state index in [1.54, 1.807) is 6.92 Å². The molecule has 0 aliphatic heterocycles. The molecule has 4 saturated carbocycles. The number of hydrogen-bond acceptors (Lipinski definition) is 6. The highest BCUT2D eigenvalue weighted by Gasteiger charge is 2.74. The first-order valence-electron chi connectivity index (χ1n) is 10.6. The van der Waals surface area contributed by atoms with E-state index >= 15 is 0 Å². The number of aliphatic carboxylic acids is 2. The third-order valence-corrected chi connectivity index (χ3v) is 9.33. The van der Waals surface area contributed by atoms with Gasteiger partial charge in [0.05, 0.1) is 22.7 Å². The van der Waals surface area contributed by atoms with Crippen LogP contribution in [-0.4, -0.2) is 60.6 Å². The van der Waals surface area contributed by atoms with Gasteiger partial charge in [-0.25, -0.2) is 4.79 Å². The van der Waals surface area contributed by atoms with Gasteiger partial charge in [0.25, 0.3) is 0 Å². The number of rotatable bonds is 3. The van der Waals surface area contributed by atoms with E-state index in [4.69, 9.17) is 0 Å². The van der Waals surface area contributed by atoms with Crippen molar-refractivity contribution >= 4 is 17.7 Å². The van der Waals surface area contributed by atoms with E-state index in [9.17, 15) is 39.9 Å². The van der Waals surface area contributed by atoms with Gasteiger partial charge in [0.2, 0.25) is 5.78 Å². The molecule has 0 bridgehead atoms. The van der Waals surface area contributed by atoms with Crippen LogP contribution in [0, 0.1) is 28.6 Å². The lowest BCUT2D eigenvalue weighted by Crippen LogP contribution is -2.70. The molecule has 0 amide bonds. The second kappa shape index (κ2) is 6.25. The number of fused-ring (bicyclic) bond motifs is 5. The van der Waals surface area contributed by atoms with Gasteiger partial charge >= 0.3 is 11.9 Å². The maximum Gasteiger partial charge on any atom is 0.372 e. The fraction of sp³-hybridized carbons (Fsp3) is 0.857. The van der Waals surface area contributed by atoms with Crippen LogP contribution in [0.15, 0.2) is 0 Å². The zero-order chi connectivity index (χ0) is 21.4. The molecule has 0 heterocycles. The Morgan fingerprint density at radius 1 is 0.862 bits per heavy atom. The zero-order valence-corrected chi connectivity index (χ0v) is 16.6. The molecule has 5 N–H and O–H groups in total. The van der Waals surface area contributed by atoms with Gasteiger partial charge in [-0.1, -0.05) is 6.92 Å². The van der Waals surface area contributed by atoms with Crippen molar-refractivity contribution in [1.29, 1.82) is 0 Å². The summed E-state index contributed by atoms with van der Waals surface area (Å²) in [7, 11) is 0. The van der Waals surface area contributed by atoms with Crippen LogP contribution in [0.4, 0.5) is 0 Å². The fourth-order valence-electron chi connectivity index (χ4n) is 7.87. The van der Waals surface area contributed by atoms with Crippen molar-refractivity contribution in [3.63, 3.8) is 0 Å². The van der Waals surface area contributed by atoms with E-state index in [0.717, 1.165) is 0 Å². The van der Waals surface area contributed by atoms with Crippen LogP contribution in [0.1, 0.15) is 64.7 Å². The minimum Gasteiger partial charge on any atom is -0.481 e. The standard InChI is InChI=1S/C21H30O8/c1-18-6-3-12-13(21(18,29)9-5-14(18)15(23)16(24)25)4-7-19(28)10-11(22)2-8-20(12,19)17(26)27/h11-14,22,28-29H,2-10H2,1H3,(H,24,25)(H,26,27). The van der Waals surface area contributed by atoms with Crippen molar-refractivity contribution in [3.05, 3.63) is 0 Å². The Labute approximate surface area is 168 Å². The van der Waals surface area contributed by atoms with Crippen LogP contribution in [0.2, 0.25) is 0 Å². The summed E-state index contributed by atoms with van der Waals surface area (Å²) in [6.45, 7) is 1.76. The predicted molar refractivity (Wildman–Crippen MR) is 98.7 cm³/mol. The van der Waals surface area contributed by atoms with E-state index in [0.29, 0.717) is 19.3 Å². The van der Waals surface area contributed by atoms with Crippen molar-refractivity contribution < 1.29 is 39.9 Å². The molecular formula is C21H30O8. The molecule has 8 unspecified atom stereocenters. The van der Waals surface area contributed by atoms with Crippen molar-refractivity contribution in [1.82, 2.24) is 0 Å². The number of aliphatic hydroxyl groups excluding tert-OH is 1. The summed E-state index contributed by atoms with van der Waals surface area (Å²) in [5.41, 5.74) is -5.24. The van der Waals surface area contributed by atoms with Gasteiger partial charge in [-0.3, -0.25) is 9.59 Å². The van der Waals surface area contributed by atoms with Crippen molar-refractivity contribution in [2.24, 2.45) is 28.6 Å². The average molecular weight is 410 g/mol. The normalized spacial score (nSPS) is 51.4. The zero-order valence-electron chi connectivity index (χ0n) is 16.6. The molecule has 0 aromatic carbocycles. The Kier molecular flexibility index (Phi) is 4.47. The van der Waals surface area contributed by atoms with Gasteiger partial charge in [-0.15, -0.1) is 0 Å². The molecule has 0 aromatic rings. The third kappa shape index (κ3) is 2.39. The first kappa shape index (κ1) is 20.8. The number of carboxylic acid groups (broad SMARTS) is 2. The number of aliphatic hydroxyl groups is 3. The van der Waals surface area contributed by atoms with Crippen LogP contribution >= 0.6 is 0 Å². The molecule has 162 valence electrons. The first-order valence-corrected chi connectivity index (χ1v) is 10.6. The highest BCUT2D eigenvalue weighted by molar-refractivity contribution is 6.33. The van der Waals surface area contributed by atoms with E-state index in [1.165, 1.54) is 0 Å². The second-order valence-electron chi connectivity index (χ2n) is 10.1. The largest absolute Gasteiger partial charge is 0.481 e. The summed E-state index contributed by atoms with van der Waals surface area (Å²) in [6, 6.07) is 0. The minimum atomic E-state index is -1.53. The highest BCUT2D eigenvalue weighted by Crippen LogP contribution is 2.70. The molecule has 8 nitrogen and oxygen atoms in total. The van der Waals surface area contributed by atoms with Crippen LogP contribution in [0.25, 0.3) is 0 Å². The Morgan fingerprint density at radius 3 is 2.14 bits per heavy atom. The SMILES string of the molecule is CC12CCC3C(CCC4(O)CC(O)CCC34C(=O)O)C1(O)CCC2C(=O)C(=O)O. The number of carbonyl (C=O) groups is 3. The van der Waals surface area contributed by atoms with Gasteiger partial charge in [0.1, 0.15) is 0 Å². The summed E-state index contributed by atoms with van der Waals surface area (Å²) < 4.78 is 0. The monoisotopic (exact) mass is 410 g/mol. The number of Topliss-reactive ketones (excluding diaryl/α,β-unsaturated/α-hetero) is 1. The third-order valence-electron chi connectivity index (χ3n) is 9.33. The Morgan fingerprint density at radius 2 is 1.52 bits per heavy atom. The van der Waals surface area contributed by atoms with Crippen LogP contribution in [0.5, 0.6) is 0 Å². The molecule has 4 aliphatic rings. The van der Waals surface area contributed by atoms with E-state index < -0.39 is 63.6 Å². The molecule has 0 saturated heterocycles. The fourth-order valence-corrected chi connectivity index (χ4v) is 7.87. The van der Waals surface area contributed by atoms with Crippen LogP contribution in [-0.2, 0) is 14.4 Å². The molecule has 0 radical (unpaired) electrons. The topological polar surface area (TPSA) is 152 Å². The molecule has 8 heteroatoms. The molecule has 4 rings (SSSR count). The number of carboxylic acids is 2. The summed E-state index contributed by atoms with van der Waals surface area (Å²) in [4.78, 5) is 36.2. The number of carbonyl (C=O) groups excluding carboxylic acids is 1. The Balaban J connectivity index is 1.76. The number of ketones is 1. The lowest BCUT2D eigenvalue weighted by molar-refractivity contribution is -0.260. The molecule has 0 aromatic heterocycles. The Hall–Kier alpha value is -1.51. The van der Waals surface area contributed by atoms with Gasteiger partial charge in [-0.05, 0) is 63.2 Å². The second-order valence-corrected chi connectivity index (χ2v) is 10.1. The van der Waals surface area contributed by atoms with Gasteiger partial charge in [0.15, 0.2) is 0 Å². The van der Waals surface area contributed by atoms with E-state index in [-0.39, 0.29) is 38.5 Å². The summed E-state index contributed by atoms with van der Waals surface area (Å²) >= 11 is 0.